The number of amides is 1. The van der Waals surface area contributed by atoms with Gasteiger partial charge in [-0.3, -0.25) is 9.63 Å². The Morgan fingerprint density at radius 2 is 2.08 bits per heavy atom. The molecule has 0 aromatic carbocycles. The Hall–Kier alpha value is -1.14. The fourth-order valence-electron chi connectivity index (χ4n) is 0.606. The molecule has 0 aliphatic carbocycles. The quantitative estimate of drug-likeness (QED) is 0.425. The van der Waals surface area contributed by atoms with Gasteiger partial charge in [-0.2, -0.15) is 5.06 Å². The van der Waals surface area contributed by atoms with E-state index in [1.54, 1.807) is 0 Å². The Morgan fingerprint density at radius 1 is 1.58 bits per heavy atom. The van der Waals surface area contributed by atoms with Crippen molar-refractivity contribution in [3.05, 3.63) is 0 Å². The van der Waals surface area contributed by atoms with Crippen LogP contribution >= 0.6 is 0 Å². The number of hydroxylamine groups is 2. The molecule has 6 heteroatoms. The molecule has 0 spiro atoms. The first-order valence-corrected chi connectivity index (χ1v) is 3.26. The van der Waals surface area contributed by atoms with Gasteiger partial charge >= 0.3 is 5.97 Å². The number of carbonyl (C=O) groups is 2. The highest BCUT2D eigenvalue weighted by molar-refractivity contribution is 5.81. The molecule has 1 unspecified atom stereocenters. The highest BCUT2D eigenvalue weighted by atomic mass is 16.7. The van der Waals surface area contributed by atoms with Crippen molar-refractivity contribution in [3.8, 4) is 0 Å². The SMILES string of the molecule is CON(C)C(NC(C)=O)C(=O)O. The summed E-state index contributed by atoms with van der Waals surface area (Å²) in [4.78, 5) is 25.6. The van der Waals surface area contributed by atoms with E-state index in [1.165, 1.54) is 21.1 Å². The largest absolute Gasteiger partial charge is 0.479 e. The molecule has 0 aliphatic heterocycles. The summed E-state index contributed by atoms with van der Waals surface area (Å²) in [6.45, 7) is 1.24. The molecule has 70 valence electrons. The van der Waals surface area contributed by atoms with E-state index < -0.39 is 18.0 Å². The summed E-state index contributed by atoms with van der Waals surface area (Å²) in [5.41, 5.74) is 0. The fourth-order valence-corrected chi connectivity index (χ4v) is 0.606. The minimum atomic E-state index is -1.17. The van der Waals surface area contributed by atoms with Crippen LogP contribution in [0.2, 0.25) is 0 Å². The maximum absolute atomic E-state index is 10.5. The third kappa shape index (κ3) is 3.31. The Bertz CT molecular complexity index is 182. The monoisotopic (exact) mass is 176 g/mol. The molecule has 0 heterocycles. The van der Waals surface area contributed by atoms with Crippen LogP contribution in [0, 0.1) is 0 Å². The van der Waals surface area contributed by atoms with E-state index in [0.717, 1.165) is 5.06 Å². The van der Waals surface area contributed by atoms with E-state index >= 15 is 0 Å². The van der Waals surface area contributed by atoms with Crippen LogP contribution in [0.4, 0.5) is 0 Å². The number of rotatable bonds is 4. The predicted molar refractivity (Wildman–Crippen MR) is 40.0 cm³/mol. The molecule has 12 heavy (non-hydrogen) atoms. The summed E-state index contributed by atoms with van der Waals surface area (Å²) in [5, 5.41) is 11.8. The van der Waals surface area contributed by atoms with Gasteiger partial charge in [0.25, 0.3) is 0 Å². The Kier molecular flexibility index (Phi) is 4.24. The number of hydrogen-bond acceptors (Lipinski definition) is 4. The Balaban J connectivity index is 4.22. The maximum atomic E-state index is 10.5. The minimum Gasteiger partial charge on any atom is -0.479 e. The third-order valence-electron chi connectivity index (χ3n) is 1.23. The van der Waals surface area contributed by atoms with Crippen LogP contribution in [0.25, 0.3) is 0 Å². The average Bonchev–Trinajstić information content (AvgIpc) is 1.98. The molecule has 1 atom stereocenters. The second-order valence-corrected chi connectivity index (χ2v) is 2.17. The molecule has 0 aromatic heterocycles. The zero-order chi connectivity index (χ0) is 9.72. The van der Waals surface area contributed by atoms with Crippen molar-refractivity contribution < 1.29 is 19.5 Å². The number of aliphatic carboxylic acids is 1. The first kappa shape index (κ1) is 10.9. The van der Waals surface area contributed by atoms with Crippen molar-refractivity contribution in [1.29, 1.82) is 0 Å². The predicted octanol–water partition coefficient (Wildman–Crippen LogP) is -0.974. The highest BCUT2D eigenvalue weighted by Gasteiger charge is 2.22. The average molecular weight is 176 g/mol. The molecule has 0 fully saturated rings. The summed E-state index contributed by atoms with van der Waals surface area (Å²) < 4.78 is 0. The van der Waals surface area contributed by atoms with E-state index in [4.69, 9.17) is 5.11 Å². The van der Waals surface area contributed by atoms with Crippen molar-refractivity contribution >= 4 is 11.9 Å². The zero-order valence-corrected chi connectivity index (χ0v) is 7.20. The molecule has 0 aromatic rings. The van der Waals surface area contributed by atoms with Gasteiger partial charge in [-0.25, -0.2) is 4.79 Å². The first-order valence-electron chi connectivity index (χ1n) is 3.26. The van der Waals surface area contributed by atoms with Crippen LogP contribution in [-0.4, -0.2) is 42.4 Å². The number of nitrogens with one attached hydrogen (secondary N) is 1. The summed E-state index contributed by atoms with van der Waals surface area (Å²) in [6, 6.07) is 0. The lowest BCUT2D eigenvalue weighted by atomic mass is 10.4. The molecule has 0 saturated heterocycles. The van der Waals surface area contributed by atoms with Crippen LogP contribution in [0.5, 0.6) is 0 Å². The van der Waals surface area contributed by atoms with E-state index in [1.807, 2.05) is 0 Å². The summed E-state index contributed by atoms with van der Waals surface area (Å²) in [5.74, 6) is -1.60. The van der Waals surface area contributed by atoms with Crippen molar-refractivity contribution in [2.24, 2.45) is 0 Å². The first-order chi connectivity index (χ1) is 5.49. The molecule has 0 saturated carbocycles. The van der Waals surface area contributed by atoms with Gasteiger partial charge in [0.05, 0.1) is 7.11 Å². The second kappa shape index (κ2) is 4.68. The van der Waals surface area contributed by atoms with Gasteiger partial charge in [0, 0.05) is 14.0 Å². The number of carboxylic acids is 1. The number of nitrogens with zero attached hydrogens (tertiary/aromatic N) is 1. The topological polar surface area (TPSA) is 78.9 Å². The number of carbonyl (C=O) groups excluding carboxylic acids is 1. The maximum Gasteiger partial charge on any atom is 0.343 e. The molecular formula is C6H12N2O4. The zero-order valence-electron chi connectivity index (χ0n) is 7.20. The summed E-state index contributed by atoms with van der Waals surface area (Å²) in [7, 11) is 2.73. The lowest BCUT2D eigenvalue weighted by Gasteiger charge is -2.21. The van der Waals surface area contributed by atoms with Gasteiger partial charge in [-0.15, -0.1) is 0 Å². The molecule has 0 radical (unpaired) electrons. The van der Waals surface area contributed by atoms with Gasteiger partial charge in [0.2, 0.25) is 12.1 Å². The van der Waals surface area contributed by atoms with E-state index in [9.17, 15) is 9.59 Å². The third-order valence-corrected chi connectivity index (χ3v) is 1.23. The van der Waals surface area contributed by atoms with Gasteiger partial charge < -0.3 is 10.4 Å². The molecule has 0 rings (SSSR count). The number of likely N-dealkylation sites (N-methyl/N-ethyl adjacent to an activating group) is 1. The normalized spacial score (nSPS) is 12.7. The van der Waals surface area contributed by atoms with Crippen LogP contribution in [0.1, 0.15) is 6.92 Å². The minimum absolute atomic E-state index is 0.425. The van der Waals surface area contributed by atoms with Crippen LogP contribution in [0.15, 0.2) is 0 Å². The van der Waals surface area contributed by atoms with Gasteiger partial charge in [0.1, 0.15) is 0 Å². The smallest absolute Gasteiger partial charge is 0.343 e. The lowest BCUT2D eigenvalue weighted by Crippen LogP contribution is -2.50. The molecule has 1 amide bonds. The van der Waals surface area contributed by atoms with Gasteiger partial charge in [-0.1, -0.05) is 0 Å². The van der Waals surface area contributed by atoms with Crippen molar-refractivity contribution in [2.45, 2.75) is 13.1 Å². The van der Waals surface area contributed by atoms with E-state index in [-0.39, 0.29) is 0 Å². The van der Waals surface area contributed by atoms with Crippen molar-refractivity contribution in [3.63, 3.8) is 0 Å². The fraction of sp³-hybridized carbons (Fsp3) is 0.667. The summed E-state index contributed by atoms with van der Waals surface area (Å²) >= 11 is 0. The van der Waals surface area contributed by atoms with Crippen molar-refractivity contribution in [2.75, 3.05) is 14.2 Å². The lowest BCUT2D eigenvalue weighted by molar-refractivity contribution is -0.180. The molecule has 2 N–H and O–H groups in total. The van der Waals surface area contributed by atoms with Crippen LogP contribution in [0.3, 0.4) is 0 Å². The van der Waals surface area contributed by atoms with Crippen LogP contribution in [-0.2, 0) is 14.4 Å². The van der Waals surface area contributed by atoms with E-state index in [2.05, 4.69) is 10.2 Å². The van der Waals surface area contributed by atoms with Gasteiger partial charge in [0.15, 0.2) is 0 Å². The highest BCUT2D eigenvalue weighted by Crippen LogP contribution is 1.92. The Labute approximate surface area is 70.1 Å². The second-order valence-electron chi connectivity index (χ2n) is 2.17. The molecule has 0 aliphatic rings. The number of hydrogen-bond donors (Lipinski definition) is 2. The summed E-state index contributed by atoms with van der Waals surface area (Å²) in [6.07, 6.45) is -1.15. The molecule has 0 bridgehead atoms. The standard InChI is InChI=1S/C6H12N2O4/c1-4(9)7-5(6(10)11)8(2)12-3/h5H,1-3H3,(H,7,9)(H,10,11). The molecular weight excluding hydrogens is 164 g/mol. The molecule has 6 nitrogen and oxygen atoms in total. The van der Waals surface area contributed by atoms with Gasteiger partial charge in [-0.05, 0) is 0 Å². The van der Waals surface area contributed by atoms with E-state index in [0.29, 0.717) is 0 Å². The van der Waals surface area contributed by atoms with Crippen molar-refractivity contribution in [1.82, 2.24) is 10.4 Å². The van der Waals surface area contributed by atoms with Crippen LogP contribution < -0.4 is 5.32 Å². The number of carboxylic acid groups (broad SMARTS) is 1. The Morgan fingerprint density at radius 3 is 2.33 bits per heavy atom.